The van der Waals surface area contributed by atoms with Crippen molar-refractivity contribution in [1.82, 2.24) is 5.32 Å². The van der Waals surface area contributed by atoms with Gasteiger partial charge in [-0.2, -0.15) is 0 Å². The average molecular weight is 257 g/mol. The van der Waals surface area contributed by atoms with Gasteiger partial charge in [0.25, 0.3) is 0 Å². The molecule has 3 rings (SSSR count). The van der Waals surface area contributed by atoms with Gasteiger partial charge in [0.2, 0.25) is 0 Å². The van der Waals surface area contributed by atoms with Crippen molar-refractivity contribution < 1.29 is 9.13 Å². The van der Waals surface area contributed by atoms with Crippen LogP contribution in [0.5, 0.6) is 5.75 Å². The van der Waals surface area contributed by atoms with E-state index in [4.69, 9.17) is 4.74 Å². The fourth-order valence-corrected chi connectivity index (χ4v) is 2.56. The van der Waals surface area contributed by atoms with Crippen LogP contribution >= 0.6 is 0 Å². The molecule has 1 N–H and O–H groups in total. The monoisotopic (exact) mass is 257 g/mol. The molecule has 0 amide bonds. The molecule has 1 heterocycles. The molecule has 0 aliphatic carbocycles. The molecule has 0 aromatic heterocycles. The Morgan fingerprint density at radius 1 is 1.26 bits per heavy atom. The van der Waals surface area contributed by atoms with Crippen molar-refractivity contribution >= 4 is 0 Å². The average Bonchev–Trinajstić information content (AvgIpc) is 2.81. The maximum atomic E-state index is 13.4. The highest BCUT2D eigenvalue weighted by molar-refractivity contribution is 5.73. The summed E-state index contributed by atoms with van der Waals surface area (Å²) in [5.41, 5.74) is 3.03. The van der Waals surface area contributed by atoms with E-state index in [-0.39, 0.29) is 11.9 Å². The Morgan fingerprint density at radius 2 is 2.11 bits per heavy atom. The number of nitrogens with one attached hydrogen (secondary N) is 1. The van der Waals surface area contributed by atoms with Gasteiger partial charge in [0.1, 0.15) is 17.7 Å². The molecule has 2 aromatic rings. The third-order valence-corrected chi connectivity index (χ3v) is 3.40. The first-order valence-electron chi connectivity index (χ1n) is 6.47. The Bertz CT molecular complexity index is 597. The maximum absolute atomic E-state index is 13.4. The van der Waals surface area contributed by atoms with Crippen LogP contribution in [-0.4, -0.2) is 19.7 Å². The van der Waals surface area contributed by atoms with Gasteiger partial charge in [0.05, 0.1) is 0 Å². The Balaban J connectivity index is 2.00. The molecule has 1 atom stereocenters. The Labute approximate surface area is 112 Å². The second kappa shape index (κ2) is 5.02. The van der Waals surface area contributed by atoms with Gasteiger partial charge in [-0.05, 0) is 30.3 Å². The lowest BCUT2D eigenvalue weighted by Crippen LogP contribution is -2.27. The smallest absolute Gasteiger partial charge is 0.130 e. The lowest BCUT2D eigenvalue weighted by atomic mass is 10.0. The molecule has 0 bridgehead atoms. The van der Waals surface area contributed by atoms with Crippen LogP contribution in [0.25, 0.3) is 11.1 Å². The van der Waals surface area contributed by atoms with Gasteiger partial charge >= 0.3 is 0 Å². The quantitative estimate of drug-likeness (QED) is 0.912. The summed E-state index contributed by atoms with van der Waals surface area (Å²) in [7, 11) is 1.92. The second-order valence-electron chi connectivity index (χ2n) is 4.81. The number of rotatable bonds is 3. The summed E-state index contributed by atoms with van der Waals surface area (Å²) in [6, 6.07) is 12.7. The SMILES string of the molecule is CNC[C@H]1Cc2cccc(-c3cccc(F)c3)c2O1. The molecule has 0 saturated carbocycles. The predicted octanol–water partition coefficient (Wildman–Crippen LogP) is 3.02. The van der Waals surface area contributed by atoms with Crippen LogP contribution < -0.4 is 10.1 Å². The molecule has 0 spiro atoms. The van der Waals surface area contributed by atoms with E-state index in [2.05, 4.69) is 11.4 Å². The fourth-order valence-electron chi connectivity index (χ4n) is 2.56. The van der Waals surface area contributed by atoms with Crippen LogP contribution in [0.4, 0.5) is 4.39 Å². The van der Waals surface area contributed by atoms with Crippen LogP contribution in [0.15, 0.2) is 42.5 Å². The number of benzene rings is 2. The van der Waals surface area contributed by atoms with Crippen LogP contribution in [0.2, 0.25) is 0 Å². The first-order valence-corrected chi connectivity index (χ1v) is 6.47. The first-order chi connectivity index (χ1) is 9.28. The highest BCUT2D eigenvalue weighted by atomic mass is 19.1. The van der Waals surface area contributed by atoms with Crippen molar-refractivity contribution in [3.63, 3.8) is 0 Å². The van der Waals surface area contributed by atoms with Crippen LogP contribution in [-0.2, 0) is 6.42 Å². The summed E-state index contributed by atoms with van der Waals surface area (Å²) in [5, 5.41) is 3.13. The summed E-state index contributed by atoms with van der Waals surface area (Å²) in [5.74, 6) is 0.674. The molecular formula is C16H16FNO. The van der Waals surface area contributed by atoms with Gasteiger partial charge in [-0.15, -0.1) is 0 Å². The van der Waals surface area contributed by atoms with Crippen molar-refractivity contribution in [3.05, 3.63) is 53.8 Å². The van der Waals surface area contributed by atoms with Crippen molar-refractivity contribution in [2.45, 2.75) is 12.5 Å². The van der Waals surface area contributed by atoms with Crippen LogP contribution in [0.1, 0.15) is 5.56 Å². The summed E-state index contributed by atoms with van der Waals surface area (Å²) >= 11 is 0. The van der Waals surface area contributed by atoms with E-state index in [0.717, 1.165) is 29.8 Å². The summed E-state index contributed by atoms with van der Waals surface area (Å²) in [6.45, 7) is 0.817. The number of likely N-dealkylation sites (N-methyl/N-ethyl adjacent to an activating group) is 1. The van der Waals surface area contributed by atoms with E-state index in [1.165, 1.54) is 11.6 Å². The van der Waals surface area contributed by atoms with Gasteiger partial charge in [-0.1, -0.05) is 30.3 Å². The predicted molar refractivity (Wildman–Crippen MR) is 73.9 cm³/mol. The third-order valence-electron chi connectivity index (χ3n) is 3.40. The normalized spacial score (nSPS) is 17.1. The van der Waals surface area contributed by atoms with E-state index in [0.29, 0.717) is 0 Å². The standard InChI is InChI=1S/C16H16FNO/c1-18-10-14-9-12-5-3-7-15(16(12)19-14)11-4-2-6-13(17)8-11/h2-8,14,18H,9-10H2,1H3/t14-/m1/s1. The highest BCUT2D eigenvalue weighted by Crippen LogP contribution is 2.38. The number of hydrogen-bond donors (Lipinski definition) is 1. The summed E-state index contributed by atoms with van der Waals surface area (Å²) in [6.07, 6.45) is 1.06. The lowest BCUT2D eigenvalue weighted by Gasteiger charge is -2.12. The zero-order valence-electron chi connectivity index (χ0n) is 10.8. The van der Waals surface area contributed by atoms with E-state index in [9.17, 15) is 4.39 Å². The zero-order valence-corrected chi connectivity index (χ0v) is 10.8. The minimum Gasteiger partial charge on any atom is -0.488 e. The van der Waals surface area contributed by atoms with Crippen molar-refractivity contribution in [2.24, 2.45) is 0 Å². The molecule has 2 aromatic carbocycles. The van der Waals surface area contributed by atoms with E-state index in [1.807, 2.05) is 25.2 Å². The minimum absolute atomic E-state index is 0.162. The highest BCUT2D eigenvalue weighted by Gasteiger charge is 2.25. The summed E-state index contributed by atoms with van der Waals surface area (Å²) < 4.78 is 19.3. The Morgan fingerprint density at radius 3 is 2.89 bits per heavy atom. The van der Waals surface area contributed by atoms with Gasteiger partial charge in [0.15, 0.2) is 0 Å². The van der Waals surface area contributed by atoms with Crippen molar-refractivity contribution in [2.75, 3.05) is 13.6 Å². The van der Waals surface area contributed by atoms with E-state index in [1.54, 1.807) is 12.1 Å². The molecule has 0 unspecified atom stereocenters. The Hall–Kier alpha value is -1.87. The molecule has 98 valence electrons. The number of hydrogen-bond acceptors (Lipinski definition) is 2. The zero-order chi connectivity index (χ0) is 13.2. The molecule has 2 nitrogen and oxygen atoms in total. The Kier molecular flexibility index (Phi) is 3.22. The number of halogens is 1. The van der Waals surface area contributed by atoms with Gasteiger partial charge < -0.3 is 10.1 Å². The van der Waals surface area contributed by atoms with Crippen LogP contribution in [0.3, 0.4) is 0 Å². The van der Waals surface area contributed by atoms with Gasteiger partial charge in [-0.25, -0.2) is 4.39 Å². The molecule has 0 radical (unpaired) electrons. The third kappa shape index (κ3) is 2.34. The minimum atomic E-state index is -0.222. The number of fused-ring (bicyclic) bond motifs is 1. The molecule has 1 aliphatic rings. The molecular weight excluding hydrogens is 241 g/mol. The fraction of sp³-hybridized carbons (Fsp3) is 0.250. The molecule has 0 fully saturated rings. The maximum Gasteiger partial charge on any atom is 0.130 e. The topological polar surface area (TPSA) is 21.3 Å². The largest absolute Gasteiger partial charge is 0.488 e. The second-order valence-corrected chi connectivity index (χ2v) is 4.81. The van der Waals surface area contributed by atoms with Gasteiger partial charge in [-0.3, -0.25) is 0 Å². The van der Waals surface area contributed by atoms with E-state index >= 15 is 0 Å². The van der Waals surface area contributed by atoms with Gasteiger partial charge in [0, 0.05) is 18.5 Å². The molecule has 0 saturated heterocycles. The van der Waals surface area contributed by atoms with Crippen LogP contribution in [0, 0.1) is 5.82 Å². The summed E-state index contributed by atoms with van der Waals surface area (Å²) in [4.78, 5) is 0. The van der Waals surface area contributed by atoms with Crippen molar-refractivity contribution in [1.29, 1.82) is 0 Å². The molecule has 3 heteroatoms. The molecule has 19 heavy (non-hydrogen) atoms. The lowest BCUT2D eigenvalue weighted by molar-refractivity contribution is 0.232. The van der Waals surface area contributed by atoms with Crippen molar-refractivity contribution in [3.8, 4) is 16.9 Å². The molecule has 1 aliphatic heterocycles. The first kappa shape index (κ1) is 12.2. The number of para-hydroxylation sites is 1. The number of ether oxygens (including phenoxy) is 1. The van der Waals surface area contributed by atoms with E-state index < -0.39 is 0 Å².